The summed E-state index contributed by atoms with van der Waals surface area (Å²) in [5, 5.41) is 0. The van der Waals surface area contributed by atoms with E-state index in [1.807, 2.05) is 16.4 Å². The molecule has 0 unspecified atom stereocenters. The molecule has 2 saturated heterocycles. The van der Waals surface area contributed by atoms with Gasteiger partial charge in [0, 0.05) is 45.0 Å². The first kappa shape index (κ1) is 15.3. The van der Waals surface area contributed by atoms with E-state index in [-0.39, 0.29) is 5.91 Å². The second-order valence-corrected chi connectivity index (χ2v) is 6.29. The number of hydrogen-bond acceptors (Lipinski definition) is 6. The van der Waals surface area contributed by atoms with Gasteiger partial charge < -0.3 is 15.4 Å². The molecule has 2 aromatic rings. The Morgan fingerprint density at radius 3 is 2.83 bits per heavy atom. The molecule has 0 radical (unpaired) electrons. The van der Waals surface area contributed by atoms with Crippen LogP contribution in [0.1, 0.15) is 17.3 Å². The Bertz CT molecular complexity index is 761. The van der Waals surface area contributed by atoms with Gasteiger partial charge in [0.05, 0.1) is 18.8 Å². The van der Waals surface area contributed by atoms with Crippen LogP contribution in [0.3, 0.4) is 0 Å². The zero-order valence-corrected chi connectivity index (χ0v) is 13.8. The van der Waals surface area contributed by atoms with Gasteiger partial charge in [-0.1, -0.05) is 0 Å². The van der Waals surface area contributed by atoms with Crippen LogP contribution in [-0.2, 0) is 11.3 Å². The molecule has 0 saturated carbocycles. The van der Waals surface area contributed by atoms with Crippen LogP contribution in [0.5, 0.6) is 0 Å². The highest BCUT2D eigenvalue weighted by atomic mass is 16.5. The molecule has 2 N–H and O–H groups in total. The Morgan fingerprint density at radius 1 is 1.38 bits per heavy atom. The van der Waals surface area contributed by atoms with Crippen LogP contribution in [-0.4, -0.2) is 75.7 Å². The number of fused-ring (bicyclic) bond motifs is 1. The number of aryl methyl sites for hydroxylation is 1. The first-order chi connectivity index (χ1) is 11.7. The molecule has 8 heteroatoms. The van der Waals surface area contributed by atoms with E-state index in [2.05, 4.69) is 14.9 Å². The predicted octanol–water partition coefficient (Wildman–Crippen LogP) is 0.190. The number of carbonyl (C=O) groups excluding carboxylic acids is 1. The lowest BCUT2D eigenvalue weighted by atomic mass is 10.0. The SMILES string of the molecule is CCn1c(N)nc2cc(C(=O)N3CC(N4CCOCC4)C3)cnc21. The minimum Gasteiger partial charge on any atom is -0.379 e. The van der Waals surface area contributed by atoms with Gasteiger partial charge in [0.25, 0.3) is 5.91 Å². The van der Waals surface area contributed by atoms with Gasteiger partial charge in [-0.2, -0.15) is 0 Å². The van der Waals surface area contributed by atoms with E-state index in [4.69, 9.17) is 10.5 Å². The molecule has 2 fully saturated rings. The summed E-state index contributed by atoms with van der Waals surface area (Å²) in [6.07, 6.45) is 1.63. The highest BCUT2D eigenvalue weighted by Crippen LogP contribution is 2.21. The van der Waals surface area contributed by atoms with Gasteiger partial charge in [-0.25, -0.2) is 9.97 Å². The molecule has 128 valence electrons. The first-order valence-electron chi connectivity index (χ1n) is 8.40. The van der Waals surface area contributed by atoms with E-state index in [0.29, 0.717) is 29.6 Å². The van der Waals surface area contributed by atoms with Crippen molar-refractivity contribution in [2.24, 2.45) is 0 Å². The second kappa shape index (κ2) is 6.03. The highest BCUT2D eigenvalue weighted by molar-refractivity contribution is 5.97. The van der Waals surface area contributed by atoms with Gasteiger partial charge >= 0.3 is 0 Å². The number of pyridine rings is 1. The summed E-state index contributed by atoms with van der Waals surface area (Å²) in [5.41, 5.74) is 7.86. The molecule has 2 aliphatic rings. The van der Waals surface area contributed by atoms with Crippen molar-refractivity contribution in [3.05, 3.63) is 17.8 Å². The molecule has 0 bridgehead atoms. The van der Waals surface area contributed by atoms with Crippen LogP contribution in [0.25, 0.3) is 11.2 Å². The Balaban J connectivity index is 1.46. The van der Waals surface area contributed by atoms with Gasteiger partial charge in [0.1, 0.15) is 5.52 Å². The molecule has 0 spiro atoms. The lowest BCUT2D eigenvalue weighted by molar-refractivity contribution is -0.0256. The number of ether oxygens (including phenoxy) is 1. The van der Waals surface area contributed by atoms with Crippen molar-refractivity contribution < 1.29 is 9.53 Å². The molecule has 2 aliphatic heterocycles. The summed E-state index contributed by atoms with van der Waals surface area (Å²) in [6.45, 7) is 7.70. The maximum absolute atomic E-state index is 12.6. The fourth-order valence-corrected chi connectivity index (χ4v) is 3.43. The van der Waals surface area contributed by atoms with Crippen LogP contribution < -0.4 is 5.73 Å². The summed E-state index contributed by atoms with van der Waals surface area (Å²) < 4.78 is 7.21. The Hall–Kier alpha value is -2.19. The number of likely N-dealkylation sites (tertiary alicyclic amines) is 1. The van der Waals surface area contributed by atoms with Crippen molar-refractivity contribution >= 4 is 23.0 Å². The Morgan fingerprint density at radius 2 is 2.12 bits per heavy atom. The van der Waals surface area contributed by atoms with Gasteiger partial charge in [-0.05, 0) is 13.0 Å². The van der Waals surface area contributed by atoms with Crippen molar-refractivity contribution in [1.82, 2.24) is 24.3 Å². The van der Waals surface area contributed by atoms with Crippen LogP contribution in [0.2, 0.25) is 0 Å². The molecule has 0 aromatic carbocycles. The van der Waals surface area contributed by atoms with E-state index in [9.17, 15) is 4.79 Å². The number of rotatable bonds is 3. The number of hydrogen-bond donors (Lipinski definition) is 1. The summed E-state index contributed by atoms with van der Waals surface area (Å²) in [6, 6.07) is 2.24. The standard InChI is InChI=1S/C16H22N6O2/c1-2-22-14-13(19-16(22)17)7-11(8-18-14)15(23)21-9-12(10-21)20-3-5-24-6-4-20/h7-8,12H,2-6,9-10H2,1H3,(H2,17,19). The lowest BCUT2D eigenvalue weighted by Crippen LogP contribution is -2.62. The van der Waals surface area contributed by atoms with Crippen LogP contribution >= 0.6 is 0 Å². The monoisotopic (exact) mass is 330 g/mol. The zero-order valence-electron chi connectivity index (χ0n) is 13.8. The van der Waals surface area contributed by atoms with Crippen LogP contribution in [0.4, 0.5) is 5.95 Å². The fourth-order valence-electron chi connectivity index (χ4n) is 3.43. The summed E-state index contributed by atoms with van der Waals surface area (Å²) in [4.78, 5) is 25.6. The molecule has 4 heterocycles. The number of amides is 1. The maximum atomic E-state index is 12.6. The summed E-state index contributed by atoms with van der Waals surface area (Å²) in [7, 11) is 0. The number of carbonyl (C=O) groups is 1. The number of anilines is 1. The molecule has 4 rings (SSSR count). The average Bonchev–Trinajstić information content (AvgIpc) is 2.88. The number of nitrogen functional groups attached to an aromatic ring is 1. The number of aromatic nitrogens is 3. The molecule has 0 aliphatic carbocycles. The largest absolute Gasteiger partial charge is 0.379 e. The van der Waals surface area contributed by atoms with Crippen molar-refractivity contribution in [1.29, 1.82) is 0 Å². The zero-order chi connectivity index (χ0) is 16.7. The van der Waals surface area contributed by atoms with Crippen LogP contribution in [0.15, 0.2) is 12.3 Å². The van der Waals surface area contributed by atoms with E-state index in [0.717, 1.165) is 45.0 Å². The minimum atomic E-state index is 0.0125. The van der Waals surface area contributed by atoms with Gasteiger partial charge in [-0.3, -0.25) is 14.3 Å². The molecular formula is C16H22N6O2. The highest BCUT2D eigenvalue weighted by Gasteiger charge is 2.35. The van der Waals surface area contributed by atoms with Crippen LogP contribution in [0, 0.1) is 0 Å². The van der Waals surface area contributed by atoms with Crippen molar-refractivity contribution in [3.8, 4) is 0 Å². The van der Waals surface area contributed by atoms with Crippen molar-refractivity contribution in [2.45, 2.75) is 19.5 Å². The fraction of sp³-hybridized carbons (Fsp3) is 0.562. The Kier molecular flexibility index (Phi) is 3.85. The molecule has 2 aromatic heterocycles. The van der Waals surface area contributed by atoms with Crippen molar-refractivity contribution in [3.63, 3.8) is 0 Å². The predicted molar refractivity (Wildman–Crippen MR) is 89.7 cm³/mol. The van der Waals surface area contributed by atoms with Gasteiger partial charge in [-0.15, -0.1) is 0 Å². The molecular weight excluding hydrogens is 308 g/mol. The normalized spacial score (nSPS) is 19.6. The molecule has 24 heavy (non-hydrogen) atoms. The number of nitrogens with two attached hydrogens (primary N) is 1. The van der Waals surface area contributed by atoms with Gasteiger partial charge in [0.2, 0.25) is 5.95 Å². The third kappa shape index (κ3) is 2.51. The van der Waals surface area contributed by atoms with Crippen molar-refractivity contribution in [2.75, 3.05) is 45.1 Å². The molecule has 1 amide bonds. The van der Waals surface area contributed by atoms with Gasteiger partial charge in [0.15, 0.2) is 5.65 Å². The number of nitrogens with zero attached hydrogens (tertiary/aromatic N) is 5. The van der Waals surface area contributed by atoms with E-state index in [1.54, 1.807) is 12.3 Å². The third-order valence-corrected chi connectivity index (χ3v) is 4.89. The molecule has 8 nitrogen and oxygen atoms in total. The number of morpholine rings is 1. The topological polar surface area (TPSA) is 89.5 Å². The lowest BCUT2D eigenvalue weighted by Gasteiger charge is -2.46. The quantitative estimate of drug-likeness (QED) is 0.864. The molecule has 0 atom stereocenters. The second-order valence-electron chi connectivity index (χ2n) is 6.29. The van der Waals surface area contributed by atoms with E-state index < -0.39 is 0 Å². The first-order valence-corrected chi connectivity index (χ1v) is 8.40. The van der Waals surface area contributed by atoms with E-state index in [1.165, 1.54) is 0 Å². The Labute approximate surface area is 140 Å². The third-order valence-electron chi connectivity index (χ3n) is 4.89. The maximum Gasteiger partial charge on any atom is 0.255 e. The minimum absolute atomic E-state index is 0.0125. The smallest absolute Gasteiger partial charge is 0.255 e. The summed E-state index contributed by atoms with van der Waals surface area (Å²) >= 11 is 0. The average molecular weight is 330 g/mol. The van der Waals surface area contributed by atoms with E-state index >= 15 is 0 Å². The summed E-state index contributed by atoms with van der Waals surface area (Å²) in [5.74, 6) is 0.444. The number of imidazole rings is 1.